The molecule has 8 nitrogen and oxygen atoms in total. The van der Waals surface area contributed by atoms with Crippen molar-refractivity contribution in [2.24, 2.45) is 5.92 Å². The second kappa shape index (κ2) is 15.5. The first-order valence-electron chi connectivity index (χ1n) is 9.04. The average Bonchev–Trinajstić information content (AvgIpc) is 2.55. The largest absolute Gasteiger partial charge is 0.377 e. The molecule has 0 aliphatic heterocycles. The molecule has 0 spiro atoms. The van der Waals surface area contributed by atoms with E-state index in [1.54, 1.807) is 0 Å². The predicted octanol–water partition coefficient (Wildman–Crippen LogP) is 0.627. The number of rotatable bonds is 16. The summed E-state index contributed by atoms with van der Waals surface area (Å²) in [5.74, 6) is -0.359. The molecule has 0 aromatic carbocycles. The van der Waals surface area contributed by atoms with Crippen molar-refractivity contribution in [1.82, 2.24) is 10.6 Å². The summed E-state index contributed by atoms with van der Waals surface area (Å²) in [5, 5.41) is 5.31. The Morgan fingerprint density at radius 2 is 1.35 bits per heavy atom. The van der Waals surface area contributed by atoms with Gasteiger partial charge >= 0.3 is 0 Å². The number of carbonyl (C=O) groups excluding carboxylic acids is 4. The van der Waals surface area contributed by atoms with E-state index in [1.165, 1.54) is 6.92 Å². The Morgan fingerprint density at radius 1 is 0.808 bits per heavy atom. The Labute approximate surface area is 155 Å². The summed E-state index contributed by atoms with van der Waals surface area (Å²) in [7, 11) is 0. The number of hydrogen-bond donors (Lipinski definition) is 2. The van der Waals surface area contributed by atoms with Gasteiger partial charge in [-0.3, -0.25) is 19.2 Å². The molecule has 0 bridgehead atoms. The molecule has 0 heterocycles. The number of hydrogen-bond acceptors (Lipinski definition) is 6. The van der Waals surface area contributed by atoms with Gasteiger partial charge < -0.3 is 20.1 Å². The maximum absolute atomic E-state index is 11.6. The maximum Gasteiger partial charge on any atom is 0.227 e. The normalized spacial score (nSPS) is 10.6. The molecule has 0 radical (unpaired) electrons. The van der Waals surface area contributed by atoms with Crippen molar-refractivity contribution in [3.8, 4) is 0 Å². The van der Waals surface area contributed by atoms with E-state index in [1.807, 2.05) is 13.8 Å². The van der Waals surface area contributed by atoms with E-state index in [2.05, 4.69) is 10.6 Å². The fourth-order valence-corrected chi connectivity index (χ4v) is 1.94. The van der Waals surface area contributed by atoms with Gasteiger partial charge in [-0.2, -0.15) is 0 Å². The Kier molecular flexibility index (Phi) is 14.4. The van der Waals surface area contributed by atoms with Crippen molar-refractivity contribution in [3.63, 3.8) is 0 Å². The van der Waals surface area contributed by atoms with Crippen LogP contribution in [0.4, 0.5) is 0 Å². The van der Waals surface area contributed by atoms with Gasteiger partial charge in [0, 0.05) is 31.8 Å². The van der Waals surface area contributed by atoms with Crippen LogP contribution in [-0.2, 0) is 28.7 Å². The minimum Gasteiger partial charge on any atom is -0.377 e. The van der Waals surface area contributed by atoms with Gasteiger partial charge in [0.15, 0.2) is 0 Å². The van der Waals surface area contributed by atoms with Crippen LogP contribution in [-0.4, -0.2) is 62.9 Å². The van der Waals surface area contributed by atoms with E-state index in [9.17, 15) is 19.2 Å². The molecule has 0 aliphatic carbocycles. The first kappa shape index (κ1) is 24.2. The fourth-order valence-electron chi connectivity index (χ4n) is 1.94. The number of carbonyl (C=O) groups is 4. The van der Waals surface area contributed by atoms with Crippen LogP contribution in [0.25, 0.3) is 0 Å². The Hall–Kier alpha value is -1.80. The van der Waals surface area contributed by atoms with E-state index >= 15 is 0 Å². The van der Waals surface area contributed by atoms with Crippen molar-refractivity contribution in [3.05, 3.63) is 0 Å². The van der Waals surface area contributed by atoms with Crippen molar-refractivity contribution in [2.45, 2.75) is 46.5 Å². The summed E-state index contributed by atoms with van der Waals surface area (Å²) in [6.45, 7) is 7.34. The van der Waals surface area contributed by atoms with Crippen molar-refractivity contribution in [1.29, 1.82) is 0 Å². The molecule has 0 aromatic rings. The zero-order chi connectivity index (χ0) is 19.8. The number of Topliss-reactive ketones (excluding diaryl/α,β-unsaturated/α-hetero) is 2. The first-order valence-corrected chi connectivity index (χ1v) is 9.04. The first-order chi connectivity index (χ1) is 12.3. The van der Waals surface area contributed by atoms with Gasteiger partial charge in [-0.25, -0.2) is 0 Å². The van der Waals surface area contributed by atoms with Gasteiger partial charge in [0.25, 0.3) is 0 Å². The van der Waals surface area contributed by atoms with E-state index in [4.69, 9.17) is 9.47 Å². The van der Waals surface area contributed by atoms with Crippen molar-refractivity contribution in [2.75, 3.05) is 39.5 Å². The number of ether oxygens (including phenoxy) is 2. The third kappa shape index (κ3) is 15.7. The molecule has 8 heteroatoms. The van der Waals surface area contributed by atoms with E-state index in [0.29, 0.717) is 58.8 Å². The fraction of sp³-hybridized carbons (Fsp3) is 0.778. The lowest BCUT2D eigenvalue weighted by Gasteiger charge is -2.08. The van der Waals surface area contributed by atoms with Crippen LogP contribution in [0.15, 0.2) is 0 Å². The zero-order valence-corrected chi connectivity index (χ0v) is 16.1. The van der Waals surface area contributed by atoms with Crippen LogP contribution in [0.1, 0.15) is 46.5 Å². The molecule has 0 saturated carbocycles. The molecule has 0 aliphatic rings. The summed E-state index contributed by atoms with van der Waals surface area (Å²) in [6.07, 6.45) is 1.24. The van der Waals surface area contributed by atoms with Gasteiger partial charge in [0.05, 0.1) is 32.8 Å². The van der Waals surface area contributed by atoms with Gasteiger partial charge in [0.1, 0.15) is 11.6 Å². The van der Waals surface area contributed by atoms with Crippen LogP contribution in [0.2, 0.25) is 0 Å². The van der Waals surface area contributed by atoms with Crippen molar-refractivity contribution < 1.29 is 28.7 Å². The molecule has 2 amide bonds. The molecule has 2 N–H and O–H groups in total. The van der Waals surface area contributed by atoms with Crippen LogP contribution in [0.5, 0.6) is 0 Å². The quantitative estimate of drug-likeness (QED) is 0.304. The highest BCUT2D eigenvalue weighted by molar-refractivity contribution is 5.96. The van der Waals surface area contributed by atoms with E-state index in [0.717, 1.165) is 0 Å². The van der Waals surface area contributed by atoms with Crippen LogP contribution >= 0.6 is 0 Å². The highest BCUT2D eigenvalue weighted by Crippen LogP contribution is 2.03. The van der Waals surface area contributed by atoms with E-state index in [-0.39, 0.29) is 35.7 Å². The monoisotopic (exact) mass is 372 g/mol. The van der Waals surface area contributed by atoms with Crippen LogP contribution in [0, 0.1) is 5.92 Å². The summed E-state index contributed by atoms with van der Waals surface area (Å²) in [4.78, 5) is 44.9. The summed E-state index contributed by atoms with van der Waals surface area (Å²) in [6, 6.07) is 0. The molecule has 0 aromatic heterocycles. The van der Waals surface area contributed by atoms with Gasteiger partial charge in [-0.05, 0) is 13.3 Å². The Balaban J connectivity index is 3.35. The lowest BCUT2D eigenvalue weighted by molar-refractivity contribution is -0.127. The second-order valence-corrected chi connectivity index (χ2v) is 6.28. The van der Waals surface area contributed by atoms with Gasteiger partial charge in [-0.1, -0.05) is 13.8 Å². The third-order valence-electron chi connectivity index (χ3n) is 3.39. The number of amides is 2. The highest BCUT2D eigenvalue weighted by Gasteiger charge is 2.08. The SMILES string of the molecule is CC(=O)CC(=O)NCCOCCOCCNC(=O)CCCC(=O)C(C)C. The summed E-state index contributed by atoms with van der Waals surface area (Å²) >= 11 is 0. The molecule has 0 atom stereocenters. The van der Waals surface area contributed by atoms with Crippen molar-refractivity contribution >= 4 is 23.4 Å². The predicted molar refractivity (Wildman–Crippen MR) is 96.7 cm³/mol. The Bertz CT molecular complexity index is 451. The maximum atomic E-state index is 11.6. The van der Waals surface area contributed by atoms with Crippen LogP contribution in [0.3, 0.4) is 0 Å². The number of nitrogens with one attached hydrogen (secondary N) is 2. The summed E-state index contributed by atoms with van der Waals surface area (Å²) < 4.78 is 10.6. The molecule has 150 valence electrons. The Morgan fingerprint density at radius 3 is 1.85 bits per heavy atom. The highest BCUT2D eigenvalue weighted by atomic mass is 16.5. The lowest BCUT2D eigenvalue weighted by atomic mass is 10.0. The minimum absolute atomic E-state index is 0.0190. The van der Waals surface area contributed by atoms with E-state index < -0.39 is 0 Å². The standard InChI is InChI=1S/C18H32N2O6/c1-14(2)16(22)5-4-6-17(23)19-7-9-25-11-12-26-10-8-20-18(24)13-15(3)21/h14H,4-13H2,1-3H3,(H,19,23)(H,20,24). The average molecular weight is 372 g/mol. The third-order valence-corrected chi connectivity index (χ3v) is 3.39. The molecule has 0 saturated heterocycles. The molecule has 0 rings (SSSR count). The molecule has 0 unspecified atom stereocenters. The summed E-state index contributed by atoms with van der Waals surface area (Å²) in [5.41, 5.74) is 0. The van der Waals surface area contributed by atoms with Gasteiger partial charge in [0.2, 0.25) is 11.8 Å². The topological polar surface area (TPSA) is 111 Å². The number of ketones is 2. The smallest absolute Gasteiger partial charge is 0.227 e. The minimum atomic E-state index is -0.304. The molecular formula is C18H32N2O6. The van der Waals surface area contributed by atoms with Crippen LogP contribution < -0.4 is 10.6 Å². The molecule has 0 fully saturated rings. The zero-order valence-electron chi connectivity index (χ0n) is 16.1. The molecule has 26 heavy (non-hydrogen) atoms. The van der Waals surface area contributed by atoms with Gasteiger partial charge in [-0.15, -0.1) is 0 Å². The molecular weight excluding hydrogens is 340 g/mol. The second-order valence-electron chi connectivity index (χ2n) is 6.28. The lowest BCUT2D eigenvalue weighted by Crippen LogP contribution is -2.29.